The van der Waals surface area contributed by atoms with Gasteiger partial charge in [0.2, 0.25) is 0 Å². The van der Waals surface area contributed by atoms with Crippen LogP contribution in [0.4, 0.5) is 26.3 Å². The van der Waals surface area contributed by atoms with Gasteiger partial charge in [-0.15, -0.1) is 0 Å². The zero-order valence-corrected chi connectivity index (χ0v) is 14.3. The minimum absolute atomic E-state index is 0.0951. The van der Waals surface area contributed by atoms with Crippen LogP contribution in [0.25, 0.3) is 0 Å². The maximum Gasteiger partial charge on any atom is 0.416 e. The third kappa shape index (κ3) is 4.34. The van der Waals surface area contributed by atoms with E-state index in [1.54, 1.807) is 0 Å². The molecule has 1 aliphatic carbocycles. The molecule has 1 N–H and O–H groups in total. The first-order valence-electron chi connectivity index (χ1n) is 8.90. The quantitative estimate of drug-likeness (QED) is 0.754. The summed E-state index contributed by atoms with van der Waals surface area (Å²) in [6, 6.07) is 1.65. The molecule has 0 spiro atoms. The molecule has 1 aromatic rings. The molecular formula is C18H22F6N2. The molecule has 2 fully saturated rings. The summed E-state index contributed by atoms with van der Waals surface area (Å²) in [7, 11) is 0. The van der Waals surface area contributed by atoms with Crippen LogP contribution in [0.2, 0.25) is 0 Å². The zero-order valence-electron chi connectivity index (χ0n) is 14.3. The molecule has 3 rings (SSSR count). The van der Waals surface area contributed by atoms with Crippen molar-refractivity contribution in [3.05, 3.63) is 34.9 Å². The number of alkyl halides is 6. The van der Waals surface area contributed by atoms with Crippen LogP contribution >= 0.6 is 0 Å². The Labute approximate surface area is 148 Å². The van der Waals surface area contributed by atoms with Crippen LogP contribution in [0.5, 0.6) is 0 Å². The van der Waals surface area contributed by atoms with Crippen molar-refractivity contribution in [1.82, 2.24) is 10.2 Å². The van der Waals surface area contributed by atoms with Gasteiger partial charge >= 0.3 is 12.4 Å². The van der Waals surface area contributed by atoms with Crippen molar-refractivity contribution in [2.75, 3.05) is 26.2 Å². The van der Waals surface area contributed by atoms with Crippen LogP contribution in [-0.4, -0.2) is 31.1 Å². The molecule has 1 heterocycles. The van der Waals surface area contributed by atoms with Crippen molar-refractivity contribution in [3.8, 4) is 0 Å². The number of halogens is 6. The number of nitrogens with one attached hydrogen (secondary N) is 1. The van der Waals surface area contributed by atoms with Crippen molar-refractivity contribution in [2.24, 2.45) is 5.92 Å². The number of rotatable bonds is 3. The van der Waals surface area contributed by atoms with Gasteiger partial charge < -0.3 is 5.32 Å². The SMILES string of the molecule is FC(F)(F)c1cc([C@H](C2CCCC2)N2CCNCC2)cc(C(F)(F)F)c1. The lowest BCUT2D eigenvalue weighted by Crippen LogP contribution is -2.46. The summed E-state index contributed by atoms with van der Waals surface area (Å²) in [5.41, 5.74) is -2.30. The highest BCUT2D eigenvalue weighted by molar-refractivity contribution is 5.36. The summed E-state index contributed by atoms with van der Waals surface area (Å²) in [4.78, 5) is 2.04. The van der Waals surface area contributed by atoms with E-state index in [1.165, 1.54) is 0 Å². The van der Waals surface area contributed by atoms with Gasteiger partial charge in [0.15, 0.2) is 0 Å². The summed E-state index contributed by atoms with van der Waals surface area (Å²) in [5, 5.41) is 3.18. The van der Waals surface area contributed by atoms with Gasteiger partial charge in [-0.25, -0.2) is 0 Å². The molecule has 146 valence electrons. The van der Waals surface area contributed by atoms with E-state index in [2.05, 4.69) is 5.32 Å². The van der Waals surface area contributed by atoms with E-state index in [4.69, 9.17) is 0 Å². The molecule has 1 atom stereocenters. The normalized spacial score (nSPS) is 21.9. The molecular weight excluding hydrogens is 358 g/mol. The third-order valence-electron chi connectivity index (χ3n) is 5.34. The maximum atomic E-state index is 13.2. The molecule has 1 aliphatic heterocycles. The molecule has 1 aromatic carbocycles. The van der Waals surface area contributed by atoms with Gasteiger partial charge in [-0.3, -0.25) is 4.90 Å². The largest absolute Gasteiger partial charge is 0.416 e. The topological polar surface area (TPSA) is 15.3 Å². The lowest BCUT2D eigenvalue weighted by atomic mass is 9.87. The predicted molar refractivity (Wildman–Crippen MR) is 85.6 cm³/mol. The molecule has 26 heavy (non-hydrogen) atoms. The van der Waals surface area contributed by atoms with Crippen molar-refractivity contribution in [1.29, 1.82) is 0 Å². The van der Waals surface area contributed by atoms with Gasteiger partial charge in [0, 0.05) is 32.2 Å². The molecule has 0 bridgehead atoms. The number of hydrogen-bond acceptors (Lipinski definition) is 2. The van der Waals surface area contributed by atoms with Crippen LogP contribution in [0, 0.1) is 5.92 Å². The van der Waals surface area contributed by atoms with Crippen LogP contribution in [-0.2, 0) is 12.4 Å². The van der Waals surface area contributed by atoms with Crippen molar-refractivity contribution in [3.63, 3.8) is 0 Å². The molecule has 8 heteroatoms. The lowest BCUT2D eigenvalue weighted by molar-refractivity contribution is -0.143. The van der Waals surface area contributed by atoms with E-state index in [0.29, 0.717) is 26.2 Å². The summed E-state index contributed by atoms with van der Waals surface area (Å²) in [6.07, 6.45) is -5.99. The highest BCUT2D eigenvalue weighted by Crippen LogP contribution is 2.43. The Morgan fingerprint density at radius 2 is 1.35 bits per heavy atom. The van der Waals surface area contributed by atoms with E-state index >= 15 is 0 Å². The monoisotopic (exact) mass is 380 g/mol. The van der Waals surface area contributed by atoms with Crippen molar-refractivity contribution in [2.45, 2.75) is 44.1 Å². The summed E-state index contributed by atoms with van der Waals surface area (Å²) in [5.74, 6) is 0.0951. The fourth-order valence-electron chi connectivity index (χ4n) is 4.16. The highest BCUT2D eigenvalue weighted by atomic mass is 19.4. The highest BCUT2D eigenvalue weighted by Gasteiger charge is 2.39. The van der Waals surface area contributed by atoms with Gasteiger partial charge in [0.1, 0.15) is 0 Å². The molecule has 2 aliphatic rings. The minimum atomic E-state index is -4.81. The van der Waals surface area contributed by atoms with Gasteiger partial charge in [0.25, 0.3) is 0 Å². The fourth-order valence-corrected chi connectivity index (χ4v) is 4.16. The van der Waals surface area contributed by atoms with E-state index in [9.17, 15) is 26.3 Å². The zero-order chi connectivity index (χ0) is 18.9. The lowest BCUT2D eigenvalue weighted by Gasteiger charge is -2.39. The molecule has 0 amide bonds. The Morgan fingerprint density at radius 1 is 0.846 bits per heavy atom. The Morgan fingerprint density at radius 3 is 1.81 bits per heavy atom. The van der Waals surface area contributed by atoms with Gasteiger partial charge in [-0.05, 0) is 42.5 Å². The summed E-state index contributed by atoms with van der Waals surface area (Å²) < 4.78 is 79.4. The number of nitrogens with zero attached hydrogens (tertiary/aromatic N) is 1. The number of benzene rings is 1. The van der Waals surface area contributed by atoms with Crippen LogP contribution in [0.1, 0.15) is 48.4 Å². The molecule has 0 radical (unpaired) electrons. The second-order valence-corrected chi connectivity index (χ2v) is 7.11. The maximum absolute atomic E-state index is 13.2. The second-order valence-electron chi connectivity index (χ2n) is 7.11. The first-order chi connectivity index (χ1) is 12.2. The first-order valence-corrected chi connectivity index (χ1v) is 8.90. The van der Waals surface area contributed by atoms with Crippen molar-refractivity contribution < 1.29 is 26.3 Å². The number of hydrogen-bond donors (Lipinski definition) is 1. The van der Waals surface area contributed by atoms with E-state index in [-0.39, 0.29) is 17.5 Å². The fraction of sp³-hybridized carbons (Fsp3) is 0.667. The van der Waals surface area contributed by atoms with E-state index in [1.807, 2.05) is 4.90 Å². The second kappa shape index (κ2) is 7.38. The van der Waals surface area contributed by atoms with Gasteiger partial charge in [-0.2, -0.15) is 26.3 Å². The van der Waals surface area contributed by atoms with E-state index in [0.717, 1.165) is 37.8 Å². The molecule has 1 saturated heterocycles. The van der Waals surface area contributed by atoms with Crippen LogP contribution in [0.15, 0.2) is 18.2 Å². The third-order valence-corrected chi connectivity index (χ3v) is 5.34. The Bertz CT molecular complexity index is 581. The number of piperazine rings is 1. The van der Waals surface area contributed by atoms with Crippen LogP contribution in [0.3, 0.4) is 0 Å². The molecule has 1 saturated carbocycles. The van der Waals surface area contributed by atoms with Crippen LogP contribution < -0.4 is 5.32 Å². The Balaban J connectivity index is 2.06. The molecule has 2 nitrogen and oxygen atoms in total. The van der Waals surface area contributed by atoms with E-state index < -0.39 is 29.5 Å². The smallest absolute Gasteiger partial charge is 0.314 e. The predicted octanol–water partition coefficient (Wildman–Crippen LogP) is 4.86. The van der Waals surface area contributed by atoms with Gasteiger partial charge in [-0.1, -0.05) is 12.8 Å². The average molecular weight is 380 g/mol. The van der Waals surface area contributed by atoms with Gasteiger partial charge in [0.05, 0.1) is 11.1 Å². The van der Waals surface area contributed by atoms with Crippen molar-refractivity contribution >= 4 is 0 Å². The first kappa shape index (κ1) is 19.5. The molecule has 0 unspecified atom stereocenters. The minimum Gasteiger partial charge on any atom is -0.314 e. The summed E-state index contributed by atoms with van der Waals surface area (Å²) in [6.45, 7) is 2.63. The Hall–Kier alpha value is -1.28. The Kier molecular flexibility index (Phi) is 5.53. The molecule has 0 aromatic heterocycles. The average Bonchev–Trinajstić information content (AvgIpc) is 3.08. The standard InChI is InChI=1S/C18H22F6N2/c19-17(20,21)14-9-13(10-15(11-14)18(22,23)24)16(12-3-1-2-4-12)26-7-5-25-6-8-26/h9-12,16,25H,1-8H2/t16-/m0/s1. The summed E-state index contributed by atoms with van der Waals surface area (Å²) >= 11 is 0.